The van der Waals surface area contributed by atoms with Crippen molar-refractivity contribution in [3.63, 3.8) is 0 Å². The first-order chi connectivity index (χ1) is 10.1. The van der Waals surface area contributed by atoms with Gasteiger partial charge in [-0.2, -0.15) is 0 Å². The summed E-state index contributed by atoms with van der Waals surface area (Å²) in [6.45, 7) is 0. The third kappa shape index (κ3) is 5.22. The molecule has 0 spiro atoms. The van der Waals surface area contributed by atoms with E-state index in [0.29, 0.717) is 5.02 Å². The van der Waals surface area contributed by atoms with Crippen LogP contribution < -0.4 is 10.5 Å². The lowest BCUT2D eigenvalue weighted by atomic mass is 10.1. The minimum Gasteiger partial charge on any atom is -0.496 e. The highest BCUT2D eigenvalue weighted by Crippen LogP contribution is 2.26. The Labute approximate surface area is 143 Å². The maximum Gasteiger partial charge on any atom is 0.122 e. The fourth-order valence-electron chi connectivity index (χ4n) is 2.01. The molecule has 1 unspecified atom stereocenters. The van der Waals surface area contributed by atoms with Crippen LogP contribution in [0.3, 0.4) is 0 Å². The summed E-state index contributed by atoms with van der Waals surface area (Å²) < 4.78 is 6.43. The molecule has 0 aliphatic rings. The molecule has 0 aliphatic heterocycles. The smallest absolute Gasteiger partial charge is 0.122 e. The summed E-state index contributed by atoms with van der Waals surface area (Å²) in [5.74, 6) is 1.67. The molecule has 0 amide bonds. The topological polar surface area (TPSA) is 35.2 Å². The van der Waals surface area contributed by atoms with Crippen LogP contribution in [-0.2, 0) is 6.42 Å². The second-order valence-corrected chi connectivity index (χ2v) is 7.13. The van der Waals surface area contributed by atoms with Crippen LogP contribution in [0.25, 0.3) is 0 Å². The van der Waals surface area contributed by atoms with E-state index in [-0.39, 0.29) is 6.04 Å². The van der Waals surface area contributed by atoms with Gasteiger partial charge in [0.25, 0.3) is 0 Å². The molecule has 0 saturated carbocycles. The molecule has 0 aliphatic carbocycles. The van der Waals surface area contributed by atoms with Gasteiger partial charge in [-0.1, -0.05) is 33.6 Å². The summed E-state index contributed by atoms with van der Waals surface area (Å²) in [7, 11) is 1.66. The van der Waals surface area contributed by atoms with Crippen LogP contribution in [0, 0.1) is 0 Å². The van der Waals surface area contributed by atoms with Crippen molar-refractivity contribution in [2.24, 2.45) is 5.73 Å². The molecule has 0 aromatic heterocycles. The number of hydrogen-bond donors (Lipinski definition) is 1. The van der Waals surface area contributed by atoms with Crippen LogP contribution >= 0.6 is 39.3 Å². The van der Waals surface area contributed by atoms with Gasteiger partial charge in [0.1, 0.15) is 5.75 Å². The Morgan fingerprint density at radius 3 is 2.81 bits per heavy atom. The molecule has 0 saturated heterocycles. The summed E-state index contributed by atoms with van der Waals surface area (Å²) in [6.07, 6.45) is 0.741. The first-order valence-electron chi connectivity index (χ1n) is 6.55. The molecule has 5 heteroatoms. The van der Waals surface area contributed by atoms with Crippen molar-refractivity contribution in [3.05, 3.63) is 57.5 Å². The van der Waals surface area contributed by atoms with Crippen LogP contribution in [0.1, 0.15) is 5.56 Å². The zero-order valence-corrected chi connectivity index (χ0v) is 14.8. The third-order valence-corrected chi connectivity index (χ3v) is 4.90. The van der Waals surface area contributed by atoms with E-state index in [0.717, 1.165) is 28.0 Å². The minimum absolute atomic E-state index is 0.0429. The van der Waals surface area contributed by atoms with Gasteiger partial charge in [-0.3, -0.25) is 0 Å². The minimum atomic E-state index is 0.0429. The molecule has 0 radical (unpaired) electrons. The predicted octanol–water partition coefficient (Wildman–Crippen LogP) is 4.77. The molecule has 2 rings (SSSR count). The van der Waals surface area contributed by atoms with E-state index >= 15 is 0 Å². The number of hydrogen-bond acceptors (Lipinski definition) is 3. The Morgan fingerprint density at radius 1 is 1.29 bits per heavy atom. The van der Waals surface area contributed by atoms with Gasteiger partial charge in [0.05, 0.1) is 7.11 Å². The van der Waals surface area contributed by atoms with Gasteiger partial charge in [0.15, 0.2) is 0 Å². The Balaban J connectivity index is 1.95. The van der Waals surface area contributed by atoms with E-state index in [1.54, 1.807) is 18.9 Å². The van der Waals surface area contributed by atoms with Crippen molar-refractivity contribution in [1.82, 2.24) is 0 Å². The summed E-state index contributed by atoms with van der Waals surface area (Å²) in [4.78, 5) is 1.21. The lowest BCUT2D eigenvalue weighted by molar-refractivity contribution is 0.408. The normalized spacial score (nSPS) is 12.2. The number of rotatable bonds is 6. The second kappa shape index (κ2) is 8.08. The summed E-state index contributed by atoms with van der Waals surface area (Å²) in [5.41, 5.74) is 7.28. The molecular weight excluding hydrogens is 370 g/mol. The van der Waals surface area contributed by atoms with E-state index in [9.17, 15) is 0 Å². The average Bonchev–Trinajstić information content (AvgIpc) is 2.45. The van der Waals surface area contributed by atoms with E-state index < -0.39 is 0 Å². The number of thioether (sulfide) groups is 1. The molecule has 2 N–H and O–H groups in total. The number of methoxy groups -OCH3 is 1. The fraction of sp³-hybridized carbons (Fsp3) is 0.250. The first-order valence-corrected chi connectivity index (χ1v) is 8.70. The largest absolute Gasteiger partial charge is 0.496 e. The standard InChI is InChI=1S/C16H17BrClNOS/c1-20-16-6-5-13(18)7-11(16)8-14(19)10-21-15-4-2-3-12(17)9-15/h2-7,9,14H,8,10,19H2,1H3. The van der Waals surface area contributed by atoms with Gasteiger partial charge in [0, 0.05) is 26.2 Å². The van der Waals surface area contributed by atoms with Crippen LogP contribution in [0.2, 0.25) is 5.02 Å². The van der Waals surface area contributed by atoms with Gasteiger partial charge >= 0.3 is 0 Å². The zero-order chi connectivity index (χ0) is 15.2. The monoisotopic (exact) mass is 385 g/mol. The maximum atomic E-state index is 6.23. The molecule has 0 fully saturated rings. The first kappa shape index (κ1) is 16.7. The summed E-state index contributed by atoms with van der Waals surface area (Å²) >= 11 is 11.3. The Bertz CT molecular complexity index is 609. The van der Waals surface area contributed by atoms with E-state index in [1.165, 1.54) is 4.90 Å². The SMILES string of the molecule is COc1ccc(Cl)cc1CC(N)CSc1cccc(Br)c1. The molecule has 112 valence electrons. The fourth-order valence-corrected chi connectivity index (χ4v) is 3.66. The molecule has 21 heavy (non-hydrogen) atoms. The van der Waals surface area contributed by atoms with Crippen LogP contribution in [0.15, 0.2) is 51.8 Å². The highest BCUT2D eigenvalue weighted by molar-refractivity contribution is 9.10. The summed E-state index contributed by atoms with van der Waals surface area (Å²) in [5, 5.41) is 0.706. The maximum absolute atomic E-state index is 6.23. The molecule has 2 aromatic carbocycles. The van der Waals surface area contributed by atoms with Crippen molar-refractivity contribution in [1.29, 1.82) is 0 Å². The van der Waals surface area contributed by atoms with Crippen molar-refractivity contribution in [2.75, 3.05) is 12.9 Å². The quantitative estimate of drug-likeness (QED) is 0.726. The number of benzene rings is 2. The van der Waals surface area contributed by atoms with Crippen LogP contribution in [0.4, 0.5) is 0 Å². The molecule has 0 heterocycles. The lowest BCUT2D eigenvalue weighted by Gasteiger charge is -2.14. The van der Waals surface area contributed by atoms with Crippen molar-refractivity contribution >= 4 is 39.3 Å². The van der Waals surface area contributed by atoms with Gasteiger partial charge in [-0.15, -0.1) is 11.8 Å². The Hall–Kier alpha value is -0.680. The van der Waals surface area contributed by atoms with Gasteiger partial charge in [0.2, 0.25) is 0 Å². The van der Waals surface area contributed by atoms with Crippen LogP contribution in [-0.4, -0.2) is 18.9 Å². The number of ether oxygens (including phenoxy) is 1. The number of halogens is 2. The van der Waals surface area contributed by atoms with Gasteiger partial charge in [-0.05, 0) is 48.4 Å². The molecule has 1 atom stereocenters. The van der Waals surface area contributed by atoms with Crippen molar-refractivity contribution in [3.8, 4) is 5.75 Å². The highest BCUT2D eigenvalue weighted by atomic mass is 79.9. The predicted molar refractivity (Wildman–Crippen MR) is 94.5 cm³/mol. The molecule has 2 nitrogen and oxygen atoms in total. The van der Waals surface area contributed by atoms with E-state index in [4.69, 9.17) is 22.1 Å². The van der Waals surface area contributed by atoms with E-state index in [1.807, 2.05) is 30.3 Å². The summed E-state index contributed by atoms with van der Waals surface area (Å²) in [6, 6.07) is 13.9. The lowest BCUT2D eigenvalue weighted by Crippen LogP contribution is -2.25. The van der Waals surface area contributed by atoms with E-state index in [2.05, 4.69) is 28.1 Å². The average molecular weight is 387 g/mol. The zero-order valence-electron chi connectivity index (χ0n) is 11.7. The van der Waals surface area contributed by atoms with Crippen molar-refractivity contribution in [2.45, 2.75) is 17.4 Å². The molecule has 2 aromatic rings. The molecule has 0 bridgehead atoms. The Kier molecular flexibility index (Phi) is 6.42. The Morgan fingerprint density at radius 2 is 2.10 bits per heavy atom. The third-order valence-electron chi connectivity index (χ3n) is 2.98. The van der Waals surface area contributed by atoms with Crippen molar-refractivity contribution < 1.29 is 4.74 Å². The van der Waals surface area contributed by atoms with Crippen LogP contribution in [0.5, 0.6) is 5.75 Å². The van der Waals surface area contributed by atoms with Gasteiger partial charge < -0.3 is 10.5 Å². The number of nitrogens with two attached hydrogens (primary N) is 1. The molecular formula is C16H17BrClNOS. The van der Waals surface area contributed by atoms with Gasteiger partial charge in [-0.25, -0.2) is 0 Å². The highest BCUT2D eigenvalue weighted by Gasteiger charge is 2.10. The second-order valence-electron chi connectivity index (χ2n) is 4.69.